The molecule has 21 heavy (non-hydrogen) atoms. The fourth-order valence-corrected chi connectivity index (χ4v) is 3.38. The molecule has 1 aromatic carbocycles. The molecule has 0 fully saturated rings. The highest BCUT2D eigenvalue weighted by Crippen LogP contribution is 2.40. The van der Waals surface area contributed by atoms with E-state index in [9.17, 15) is 0 Å². The van der Waals surface area contributed by atoms with E-state index in [1.54, 1.807) is 0 Å². The number of rotatable bonds is 2. The number of hydrogen-bond acceptors (Lipinski definition) is 2. The average molecular weight is 279 g/mol. The van der Waals surface area contributed by atoms with Crippen LogP contribution in [0.3, 0.4) is 0 Å². The summed E-state index contributed by atoms with van der Waals surface area (Å²) >= 11 is 0. The molecule has 108 valence electrons. The quantitative estimate of drug-likeness (QED) is 0.916. The SMILES string of the molecule is CC1(C)Cc2c(ccn2Cc2cccc(C#N)c2)C(N)C1. The molecular weight excluding hydrogens is 258 g/mol. The fraction of sp³-hybridized carbons (Fsp3) is 0.389. The predicted molar refractivity (Wildman–Crippen MR) is 83.7 cm³/mol. The maximum absolute atomic E-state index is 9.01. The van der Waals surface area contributed by atoms with Crippen molar-refractivity contribution in [2.24, 2.45) is 11.1 Å². The Bertz CT molecular complexity index is 703. The van der Waals surface area contributed by atoms with Gasteiger partial charge in [0.25, 0.3) is 0 Å². The summed E-state index contributed by atoms with van der Waals surface area (Å²) in [5, 5.41) is 9.01. The van der Waals surface area contributed by atoms with Crippen LogP contribution in [0.5, 0.6) is 0 Å². The summed E-state index contributed by atoms with van der Waals surface area (Å²) in [5.74, 6) is 0. The topological polar surface area (TPSA) is 54.7 Å². The fourth-order valence-electron chi connectivity index (χ4n) is 3.38. The highest BCUT2D eigenvalue weighted by Gasteiger charge is 2.32. The van der Waals surface area contributed by atoms with Gasteiger partial charge >= 0.3 is 0 Å². The Morgan fingerprint density at radius 2 is 2.19 bits per heavy atom. The number of nitrogens with zero attached hydrogens (tertiary/aromatic N) is 2. The Morgan fingerprint density at radius 3 is 2.95 bits per heavy atom. The lowest BCUT2D eigenvalue weighted by atomic mass is 9.74. The van der Waals surface area contributed by atoms with Crippen LogP contribution in [0.25, 0.3) is 0 Å². The molecule has 1 aliphatic carbocycles. The zero-order chi connectivity index (χ0) is 15.0. The first-order valence-corrected chi connectivity index (χ1v) is 7.41. The van der Waals surface area contributed by atoms with Crippen LogP contribution < -0.4 is 5.73 Å². The van der Waals surface area contributed by atoms with Crippen molar-refractivity contribution in [2.45, 2.75) is 39.3 Å². The van der Waals surface area contributed by atoms with E-state index in [4.69, 9.17) is 11.0 Å². The van der Waals surface area contributed by atoms with Crippen LogP contribution in [0.4, 0.5) is 0 Å². The standard InChI is InChI=1S/C18H21N3/c1-18(2)9-16(20)15-6-7-21(17(15)10-18)12-14-5-3-4-13(8-14)11-19/h3-8,16H,9-10,12,20H2,1-2H3. The maximum atomic E-state index is 9.01. The van der Waals surface area contributed by atoms with E-state index in [0.29, 0.717) is 5.56 Å². The van der Waals surface area contributed by atoms with Crippen LogP contribution >= 0.6 is 0 Å². The van der Waals surface area contributed by atoms with Gasteiger partial charge in [0.2, 0.25) is 0 Å². The summed E-state index contributed by atoms with van der Waals surface area (Å²) in [5.41, 5.74) is 11.1. The van der Waals surface area contributed by atoms with Crippen LogP contribution in [-0.2, 0) is 13.0 Å². The van der Waals surface area contributed by atoms with Gasteiger partial charge in [-0.2, -0.15) is 5.26 Å². The summed E-state index contributed by atoms with van der Waals surface area (Å²) in [6, 6.07) is 12.3. The molecule has 0 aliphatic heterocycles. The Balaban J connectivity index is 1.93. The lowest BCUT2D eigenvalue weighted by Crippen LogP contribution is -2.30. The Hall–Kier alpha value is -2.05. The van der Waals surface area contributed by atoms with Gasteiger partial charge in [-0.1, -0.05) is 26.0 Å². The molecule has 0 bridgehead atoms. The summed E-state index contributed by atoms with van der Waals surface area (Å²) in [4.78, 5) is 0. The van der Waals surface area contributed by atoms with Crippen molar-refractivity contribution in [3.63, 3.8) is 0 Å². The summed E-state index contributed by atoms with van der Waals surface area (Å²) in [7, 11) is 0. The molecule has 0 radical (unpaired) electrons. The number of hydrogen-bond donors (Lipinski definition) is 1. The highest BCUT2D eigenvalue weighted by molar-refractivity contribution is 5.35. The highest BCUT2D eigenvalue weighted by atomic mass is 15.0. The molecule has 3 heteroatoms. The third-order valence-corrected chi connectivity index (χ3v) is 4.34. The van der Waals surface area contributed by atoms with Gasteiger partial charge in [0.05, 0.1) is 11.6 Å². The van der Waals surface area contributed by atoms with E-state index in [2.05, 4.69) is 42.8 Å². The molecule has 3 nitrogen and oxygen atoms in total. The van der Waals surface area contributed by atoms with Crippen molar-refractivity contribution < 1.29 is 0 Å². The van der Waals surface area contributed by atoms with E-state index < -0.39 is 0 Å². The largest absolute Gasteiger partial charge is 0.347 e. The Morgan fingerprint density at radius 1 is 1.38 bits per heavy atom. The van der Waals surface area contributed by atoms with Crippen LogP contribution in [0, 0.1) is 16.7 Å². The van der Waals surface area contributed by atoms with Crippen LogP contribution in [-0.4, -0.2) is 4.57 Å². The van der Waals surface area contributed by atoms with Gasteiger partial charge in [0.1, 0.15) is 0 Å². The van der Waals surface area contributed by atoms with E-state index in [-0.39, 0.29) is 11.5 Å². The summed E-state index contributed by atoms with van der Waals surface area (Å²) in [6.07, 6.45) is 4.22. The number of nitriles is 1. The lowest BCUT2D eigenvalue weighted by Gasteiger charge is -2.34. The molecule has 1 aliphatic rings. The Labute approximate surface area is 126 Å². The molecule has 0 amide bonds. The van der Waals surface area contributed by atoms with Crippen molar-refractivity contribution in [2.75, 3.05) is 0 Å². The number of benzene rings is 1. The smallest absolute Gasteiger partial charge is 0.0991 e. The minimum Gasteiger partial charge on any atom is -0.347 e. The lowest BCUT2D eigenvalue weighted by molar-refractivity contribution is 0.276. The first-order chi connectivity index (χ1) is 9.98. The van der Waals surface area contributed by atoms with Gasteiger partial charge in [-0.15, -0.1) is 0 Å². The molecule has 2 aromatic rings. The molecule has 2 N–H and O–H groups in total. The van der Waals surface area contributed by atoms with Crippen molar-refractivity contribution in [3.8, 4) is 6.07 Å². The van der Waals surface area contributed by atoms with Crippen LogP contribution in [0.2, 0.25) is 0 Å². The van der Waals surface area contributed by atoms with E-state index >= 15 is 0 Å². The molecule has 0 spiro atoms. The molecule has 1 atom stereocenters. The normalized spacial score (nSPS) is 19.8. The summed E-state index contributed by atoms with van der Waals surface area (Å²) in [6.45, 7) is 5.36. The van der Waals surface area contributed by atoms with Gasteiger partial charge < -0.3 is 10.3 Å². The minimum atomic E-state index is 0.135. The molecule has 0 saturated heterocycles. The first-order valence-electron chi connectivity index (χ1n) is 7.41. The number of nitrogens with two attached hydrogens (primary N) is 1. The van der Waals surface area contributed by atoms with Crippen molar-refractivity contribution in [3.05, 3.63) is 58.9 Å². The van der Waals surface area contributed by atoms with E-state index in [1.807, 2.05) is 18.2 Å². The molecule has 1 unspecified atom stereocenters. The van der Waals surface area contributed by atoms with Crippen LogP contribution in [0.15, 0.2) is 36.5 Å². The molecule has 3 rings (SSSR count). The summed E-state index contributed by atoms with van der Waals surface area (Å²) < 4.78 is 2.28. The van der Waals surface area contributed by atoms with Gasteiger partial charge in [-0.3, -0.25) is 0 Å². The second-order valence-corrected chi connectivity index (χ2v) is 6.81. The third kappa shape index (κ3) is 2.72. The van der Waals surface area contributed by atoms with Crippen molar-refractivity contribution in [1.29, 1.82) is 5.26 Å². The first kappa shape index (κ1) is 13.9. The second-order valence-electron chi connectivity index (χ2n) is 6.81. The van der Waals surface area contributed by atoms with E-state index in [1.165, 1.54) is 11.3 Å². The van der Waals surface area contributed by atoms with Gasteiger partial charge in [-0.05, 0) is 47.6 Å². The predicted octanol–water partition coefficient (Wildman–Crippen LogP) is 3.38. The van der Waals surface area contributed by atoms with Crippen molar-refractivity contribution >= 4 is 0 Å². The molecular formula is C18H21N3. The zero-order valence-electron chi connectivity index (χ0n) is 12.6. The number of aromatic nitrogens is 1. The van der Waals surface area contributed by atoms with Gasteiger partial charge in [0.15, 0.2) is 0 Å². The second kappa shape index (κ2) is 5.05. The minimum absolute atomic E-state index is 0.135. The van der Waals surface area contributed by atoms with Crippen molar-refractivity contribution in [1.82, 2.24) is 4.57 Å². The molecule has 0 saturated carbocycles. The van der Waals surface area contributed by atoms with Crippen LogP contribution in [0.1, 0.15) is 48.7 Å². The third-order valence-electron chi connectivity index (χ3n) is 4.34. The van der Waals surface area contributed by atoms with E-state index in [0.717, 1.165) is 24.9 Å². The zero-order valence-corrected chi connectivity index (χ0v) is 12.6. The average Bonchev–Trinajstić information content (AvgIpc) is 2.81. The van der Waals surface area contributed by atoms with Gasteiger partial charge in [0, 0.05) is 24.5 Å². The maximum Gasteiger partial charge on any atom is 0.0991 e. The monoisotopic (exact) mass is 279 g/mol. The number of fused-ring (bicyclic) bond motifs is 1. The molecule has 1 heterocycles. The van der Waals surface area contributed by atoms with Gasteiger partial charge in [-0.25, -0.2) is 0 Å². The Kier molecular flexibility index (Phi) is 3.35. The molecule has 1 aromatic heterocycles.